The van der Waals surface area contributed by atoms with E-state index in [1.54, 1.807) is 18.5 Å². The van der Waals surface area contributed by atoms with Gasteiger partial charge in [0.2, 0.25) is 0 Å². The Morgan fingerprint density at radius 3 is 2.41 bits per heavy atom. The highest BCUT2D eigenvalue weighted by Gasteiger charge is 2.36. The maximum atomic E-state index is 12.6. The standard InChI is InChI=1S/C32H39Cl2N3O4/c1-20-26(29(30(38)39)41-31(2,3)4)28(37-15-13-32(5,6)14-16-37)23(19-35-20)25-11-10-22(18-36-25)40-17-12-21-8-7-9-24(33)27(21)34/h7-11,18-19,29H,12-17H2,1-6H3,(H,38,39). The van der Waals surface area contributed by atoms with E-state index < -0.39 is 17.7 Å². The van der Waals surface area contributed by atoms with E-state index >= 15 is 0 Å². The average molecular weight is 601 g/mol. The number of hydrogen-bond donors (Lipinski definition) is 1. The first-order chi connectivity index (χ1) is 19.3. The molecule has 0 radical (unpaired) electrons. The minimum Gasteiger partial charge on any atom is -0.492 e. The van der Waals surface area contributed by atoms with E-state index in [0.29, 0.717) is 45.8 Å². The number of aryl methyl sites for hydroxylation is 1. The maximum Gasteiger partial charge on any atom is 0.337 e. The summed E-state index contributed by atoms with van der Waals surface area (Å²) in [4.78, 5) is 24.2. The van der Waals surface area contributed by atoms with Crippen LogP contribution < -0.4 is 9.64 Å². The molecule has 220 valence electrons. The fourth-order valence-corrected chi connectivity index (χ4v) is 5.43. The molecule has 1 atom stereocenters. The molecule has 9 heteroatoms. The molecule has 0 amide bonds. The molecule has 1 aliphatic heterocycles. The lowest BCUT2D eigenvalue weighted by atomic mass is 9.82. The molecule has 0 spiro atoms. The van der Waals surface area contributed by atoms with Gasteiger partial charge in [-0.15, -0.1) is 0 Å². The van der Waals surface area contributed by atoms with E-state index in [4.69, 9.17) is 37.7 Å². The number of aliphatic carboxylic acids is 1. The van der Waals surface area contributed by atoms with Crippen molar-refractivity contribution in [2.75, 3.05) is 24.6 Å². The molecular formula is C32H39Cl2N3O4. The van der Waals surface area contributed by atoms with Crippen molar-refractivity contribution in [1.29, 1.82) is 0 Å². The van der Waals surface area contributed by atoms with Crippen molar-refractivity contribution in [3.8, 4) is 17.0 Å². The molecule has 4 rings (SSSR count). The molecule has 1 unspecified atom stereocenters. The predicted molar refractivity (Wildman–Crippen MR) is 164 cm³/mol. The van der Waals surface area contributed by atoms with Crippen molar-refractivity contribution >= 4 is 34.9 Å². The van der Waals surface area contributed by atoms with Crippen LogP contribution in [0.3, 0.4) is 0 Å². The van der Waals surface area contributed by atoms with Crippen molar-refractivity contribution in [2.24, 2.45) is 5.41 Å². The Balaban J connectivity index is 1.67. The largest absolute Gasteiger partial charge is 0.492 e. The molecule has 0 bridgehead atoms. The van der Waals surface area contributed by atoms with E-state index in [-0.39, 0.29) is 5.41 Å². The summed E-state index contributed by atoms with van der Waals surface area (Å²) in [5.41, 5.74) is 3.95. The summed E-state index contributed by atoms with van der Waals surface area (Å²) in [7, 11) is 0. The first-order valence-corrected chi connectivity index (χ1v) is 14.7. The van der Waals surface area contributed by atoms with Gasteiger partial charge in [0, 0.05) is 42.5 Å². The number of halogens is 2. The summed E-state index contributed by atoms with van der Waals surface area (Å²) < 4.78 is 12.1. The van der Waals surface area contributed by atoms with Crippen LogP contribution in [0.25, 0.3) is 11.3 Å². The molecule has 1 saturated heterocycles. The number of ether oxygens (including phenoxy) is 2. The first-order valence-electron chi connectivity index (χ1n) is 13.9. The lowest BCUT2D eigenvalue weighted by Gasteiger charge is -2.40. The summed E-state index contributed by atoms with van der Waals surface area (Å²) in [5, 5.41) is 11.4. The monoisotopic (exact) mass is 599 g/mol. The van der Waals surface area contributed by atoms with Crippen LogP contribution in [0.2, 0.25) is 10.0 Å². The second-order valence-corrected chi connectivity index (χ2v) is 13.1. The number of anilines is 1. The smallest absolute Gasteiger partial charge is 0.337 e. The van der Waals surface area contributed by atoms with Gasteiger partial charge in [-0.25, -0.2) is 4.79 Å². The lowest BCUT2D eigenvalue weighted by Crippen LogP contribution is -2.39. The van der Waals surface area contributed by atoms with Crippen LogP contribution in [0.1, 0.15) is 70.4 Å². The third-order valence-corrected chi connectivity index (χ3v) is 8.22. The first kappa shape index (κ1) is 31.1. The number of carboxylic acid groups (broad SMARTS) is 1. The number of carbonyl (C=O) groups is 1. The van der Waals surface area contributed by atoms with E-state index in [1.165, 1.54) is 0 Å². The van der Waals surface area contributed by atoms with Crippen molar-refractivity contribution in [2.45, 2.75) is 72.5 Å². The highest BCUT2D eigenvalue weighted by atomic mass is 35.5. The molecule has 3 aromatic rings. The number of aromatic nitrogens is 2. The second kappa shape index (κ2) is 12.6. The Hall–Kier alpha value is -2.87. The van der Waals surface area contributed by atoms with Gasteiger partial charge in [0.15, 0.2) is 6.10 Å². The highest BCUT2D eigenvalue weighted by molar-refractivity contribution is 6.42. The summed E-state index contributed by atoms with van der Waals surface area (Å²) in [5.74, 6) is -0.426. The van der Waals surface area contributed by atoms with E-state index in [9.17, 15) is 9.90 Å². The number of benzene rings is 1. The molecule has 1 aromatic carbocycles. The highest BCUT2D eigenvalue weighted by Crippen LogP contribution is 2.43. The lowest BCUT2D eigenvalue weighted by molar-refractivity contribution is -0.160. The second-order valence-electron chi connectivity index (χ2n) is 12.3. The Morgan fingerprint density at radius 1 is 1.10 bits per heavy atom. The molecule has 0 aliphatic carbocycles. The SMILES string of the molecule is Cc1ncc(-c2ccc(OCCc3cccc(Cl)c3Cl)cn2)c(N2CCC(C)(C)CC2)c1C(OC(C)(C)C)C(=O)O. The average Bonchev–Trinajstić information content (AvgIpc) is 2.90. The number of piperidine rings is 1. The maximum absolute atomic E-state index is 12.6. The van der Waals surface area contributed by atoms with Gasteiger partial charge in [0.1, 0.15) is 5.75 Å². The fraction of sp³-hybridized carbons (Fsp3) is 0.469. The van der Waals surface area contributed by atoms with Crippen LogP contribution >= 0.6 is 23.2 Å². The number of pyridine rings is 2. The zero-order chi connectivity index (χ0) is 29.9. The van der Waals surface area contributed by atoms with Crippen molar-refractivity contribution in [1.82, 2.24) is 9.97 Å². The molecule has 1 N–H and O–H groups in total. The van der Waals surface area contributed by atoms with Gasteiger partial charge in [-0.2, -0.15) is 0 Å². The topological polar surface area (TPSA) is 84.8 Å². The minimum atomic E-state index is -1.17. The molecule has 2 aromatic heterocycles. The zero-order valence-corrected chi connectivity index (χ0v) is 26.1. The Labute approximate surface area is 252 Å². The molecular weight excluding hydrogens is 561 g/mol. The summed E-state index contributed by atoms with van der Waals surface area (Å²) in [6.45, 7) is 14.0. The Bertz CT molecular complexity index is 1380. The van der Waals surface area contributed by atoms with Crippen molar-refractivity contribution in [3.63, 3.8) is 0 Å². The van der Waals surface area contributed by atoms with Crippen LogP contribution in [0.5, 0.6) is 5.75 Å². The van der Waals surface area contributed by atoms with Crippen LogP contribution in [0.15, 0.2) is 42.7 Å². The molecule has 1 fully saturated rings. The van der Waals surface area contributed by atoms with E-state index in [0.717, 1.165) is 42.7 Å². The molecule has 7 nitrogen and oxygen atoms in total. The van der Waals surface area contributed by atoms with Gasteiger partial charge < -0.3 is 19.5 Å². The van der Waals surface area contributed by atoms with Crippen LogP contribution in [-0.4, -0.2) is 46.3 Å². The van der Waals surface area contributed by atoms with Gasteiger partial charge >= 0.3 is 5.97 Å². The fourth-order valence-electron chi connectivity index (χ4n) is 5.02. The normalized spacial score (nSPS) is 16.0. The third kappa shape index (κ3) is 7.70. The molecule has 41 heavy (non-hydrogen) atoms. The van der Waals surface area contributed by atoms with Crippen LogP contribution in [0.4, 0.5) is 5.69 Å². The summed E-state index contributed by atoms with van der Waals surface area (Å²) in [6, 6.07) is 9.31. The molecule has 0 saturated carbocycles. The quantitative estimate of drug-likeness (QED) is 0.267. The van der Waals surface area contributed by atoms with Crippen molar-refractivity contribution < 1.29 is 19.4 Å². The summed E-state index contributed by atoms with van der Waals surface area (Å²) >= 11 is 12.4. The van der Waals surface area contributed by atoms with Gasteiger partial charge in [-0.3, -0.25) is 9.97 Å². The minimum absolute atomic E-state index is 0.222. The predicted octanol–water partition coefficient (Wildman–Crippen LogP) is 7.95. The van der Waals surface area contributed by atoms with Gasteiger partial charge in [-0.1, -0.05) is 49.2 Å². The number of carboxylic acids is 1. The van der Waals surface area contributed by atoms with Crippen LogP contribution in [0, 0.1) is 12.3 Å². The van der Waals surface area contributed by atoms with Crippen molar-refractivity contribution in [3.05, 3.63) is 69.6 Å². The third-order valence-electron chi connectivity index (χ3n) is 7.36. The van der Waals surface area contributed by atoms with Gasteiger partial charge in [0.25, 0.3) is 0 Å². The molecule has 3 heterocycles. The van der Waals surface area contributed by atoms with Gasteiger partial charge in [0.05, 0.1) is 39.8 Å². The zero-order valence-electron chi connectivity index (χ0n) is 24.6. The Kier molecular flexibility index (Phi) is 9.52. The Morgan fingerprint density at radius 2 is 1.80 bits per heavy atom. The number of rotatable bonds is 9. The number of hydrogen-bond acceptors (Lipinski definition) is 6. The van der Waals surface area contributed by atoms with E-state index in [1.807, 2.05) is 52.0 Å². The molecule has 1 aliphatic rings. The van der Waals surface area contributed by atoms with Crippen LogP contribution in [-0.2, 0) is 16.0 Å². The summed E-state index contributed by atoms with van der Waals surface area (Å²) in [6.07, 6.45) is 4.87. The van der Waals surface area contributed by atoms with Gasteiger partial charge in [-0.05, 0) is 69.7 Å². The number of nitrogens with zero attached hydrogens (tertiary/aromatic N) is 3. The van der Waals surface area contributed by atoms with E-state index in [2.05, 4.69) is 23.7 Å².